The Balaban J connectivity index is 3.49. The van der Waals surface area contributed by atoms with Gasteiger partial charge in [0.1, 0.15) is 5.56 Å². The number of rotatable bonds is 3. The van der Waals surface area contributed by atoms with Crippen molar-refractivity contribution in [2.45, 2.75) is 6.43 Å². The normalized spacial score (nSPS) is 10.5. The van der Waals surface area contributed by atoms with E-state index in [1.807, 2.05) is 0 Å². The van der Waals surface area contributed by atoms with Gasteiger partial charge in [0, 0.05) is 6.20 Å². The highest BCUT2D eigenvalue weighted by Gasteiger charge is 2.25. The van der Waals surface area contributed by atoms with Crippen molar-refractivity contribution in [1.29, 1.82) is 0 Å². The van der Waals surface area contributed by atoms with E-state index in [-0.39, 0.29) is 10.9 Å². The van der Waals surface area contributed by atoms with Crippen LogP contribution in [0.2, 0.25) is 5.15 Å². The SMILES string of the molecule is COc1c(Cl)ncc(C(F)F)c1C(=O)O. The van der Waals surface area contributed by atoms with Crippen LogP contribution < -0.4 is 4.74 Å². The molecule has 0 spiro atoms. The molecule has 82 valence electrons. The molecule has 0 bridgehead atoms. The molecule has 15 heavy (non-hydrogen) atoms. The van der Waals surface area contributed by atoms with Crippen LogP contribution in [-0.2, 0) is 0 Å². The Morgan fingerprint density at radius 1 is 1.67 bits per heavy atom. The van der Waals surface area contributed by atoms with E-state index in [9.17, 15) is 13.6 Å². The number of aromatic nitrogens is 1. The molecule has 0 atom stereocenters. The van der Waals surface area contributed by atoms with Crippen LogP contribution in [0.1, 0.15) is 22.3 Å². The molecule has 0 aromatic carbocycles. The summed E-state index contributed by atoms with van der Waals surface area (Å²) >= 11 is 5.51. The third-order valence-electron chi connectivity index (χ3n) is 1.67. The number of ether oxygens (including phenoxy) is 1. The van der Waals surface area contributed by atoms with Crippen molar-refractivity contribution < 1.29 is 23.4 Å². The lowest BCUT2D eigenvalue weighted by molar-refractivity contribution is 0.0680. The maximum Gasteiger partial charge on any atom is 0.340 e. The van der Waals surface area contributed by atoms with E-state index >= 15 is 0 Å². The zero-order chi connectivity index (χ0) is 11.6. The molecule has 0 unspecified atom stereocenters. The molecule has 1 aromatic rings. The van der Waals surface area contributed by atoms with Gasteiger partial charge in [-0.25, -0.2) is 18.6 Å². The molecular weight excluding hydrogens is 232 g/mol. The molecule has 0 aliphatic rings. The van der Waals surface area contributed by atoms with Gasteiger partial charge in [-0.05, 0) is 0 Å². The van der Waals surface area contributed by atoms with Gasteiger partial charge in [-0.2, -0.15) is 0 Å². The highest BCUT2D eigenvalue weighted by atomic mass is 35.5. The third kappa shape index (κ3) is 2.15. The first-order valence-electron chi connectivity index (χ1n) is 3.72. The molecule has 0 saturated heterocycles. The Hall–Kier alpha value is -1.43. The van der Waals surface area contributed by atoms with Gasteiger partial charge in [0.05, 0.1) is 12.7 Å². The highest BCUT2D eigenvalue weighted by molar-refractivity contribution is 6.31. The first kappa shape index (κ1) is 11.6. The van der Waals surface area contributed by atoms with Crippen molar-refractivity contribution in [2.24, 2.45) is 0 Å². The maximum absolute atomic E-state index is 12.4. The molecule has 1 N–H and O–H groups in total. The second kappa shape index (κ2) is 4.39. The van der Waals surface area contributed by atoms with E-state index in [0.717, 1.165) is 13.3 Å². The molecular formula is C8H6ClF2NO3. The lowest BCUT2D eigenvalue weighted by Gasteiger charge is -2.10. The van der Waals surface area contributed by atoms with E-state index in [0.29, 0.717) is 0 Å². The summed E-state index contributed by atoms with van der Waals surface area (Å²) < 4.78 is 29.5. The molecule has 0 aliphatic heterocycles. The summed E-state index contributed by atoms with van der Waals surface area (Å²) in [5, 5.41) is 8.49. The van der Waals surface area contributed by atoms with Crippen LogP contribution in [0.4, 0.5) is 8.78 Å². The molecule has 0 saturated carbocycles. The lowest BCUT2D eigenvalue weighted by Crippen LogP contribution is -2.07. The number of nitrogens with zero attached hydrogens (tertiary/aromatic N) is 1. The molecule has 0 aliphatic carbocycles. The topological polar surface area (TPSA) is 59.4 Å². The van der Waals surface area contributed by atoms with E-state index < -0.39 is 23.5 Å². The second-order valence-electron chi connectivity index (χ2n) is 2.52. The van der Waals surface area contributed by atoms with Gasteiger partial charge in [0.15, 0.2) is 10.9 Å². The fourth-order valence-electron chi connectivity index (χ4n) is 1.06. The fraction of sp³-hybridized carbons (Fsp3) is 0.250. The van der Waals surface area contributed by atoms with Crippen LogP contribution in [0.15, 0.2) is 6.20 Å². The Morgan fingerprint density at radius 2 is 2.27 bits per heavy atom. The molecule has 0 amide bonds. The summed E-state index contributed by atoms with van der Waals surface area (Å²) in [6, 6.07) is 0. The minimum atomic E-state index is -2.95. The maximum atomic E-state index is 12.4. The number of alkyl halides is 2. The van der Waals surface area contributed by atoms with Crippen LogP contribution in [0.5, 0.6) is 5.75 Å². The highest BCUT2D eigenvalue weighted by Crippen LogP contribution is 2.33. The van der Waals surface area contributed by atoms with Crippen molar-refractivity contribution in [1.82, 2.24) is 4.98 Å². The van der Waals surface area contributed by atoms with Gasteiger partial charge < -0.3 is 9.84 Å². The van der Waals surface area contributed by atoms with Crippen LogP contribution in [0.3, 0.4) is 0 Å². The first-order chi connectivity index (χ1) is 6.99. The third-order valence-corrected chi connectivity index (χ3v) is 1.94. The second-order valence-corrected chi connectivity index (χ2v) is 2.88. The largest absolute Gasteiger partial charge is 0.493 e. The minimum Gasteiger partial charge on any atom is -0.493 e. The van der Waals surface area contributed by atoms with Gasteiger partial charge in [0.25, 0.3) is 6.43 Å². The Morgan fingerprint density at radius 3 is 2.67 bits per heavy atom. The van der Waals surface area contributed by atoms with Crippen molar-refractivity contribution >= 4 is 17.6 Å². The molecule has 1 heterocycles. The van der Waals surface area contributed by atoms with E-state index in [4.69, 9.17) is 16.7 Å². The van der Waals surface area contributed by atoms with Crippen molar-refractivity contribution in [3.63, 3.8) is 0 Å². The minimum absolute atomic E-state index is 0.265. The number of carbonyl (C=O) groups is 1. The zero-order valence-corrected chi connectivity index (χ0v) is 8.26. The van der Waals surface area contributed by atoms with Crippen LogP contribution in [-0.4, -0.2) is 23.2 Å². The number of pyridine rings is 1. The number of methoxy groups -OCH3 is 1. The monoisotopic (exact) mass is 237 g/mol. The number of carboxylic acids is 1. The summed E-state index contributed by atoms with van der Waals surface area (Å²) in [6.45, 7) is 0. The van der Waals surface area contributed by atoms with Gasteiger partial charge in [-0.3, -0.25) is 0 Å². The quantitative estimate of drug-likeness (QED) is 0.820. The Labute approximate surface area is 88.4 Å². The van der Waals surface area contributed by atoms with E-state index in [1.165, 1.54) is 0 Å². The predicted octanol–water partition coefficient (Wildman–Crippen LogP) is 2.38. The Kier molecular flexibility index (Phi) is 3.41. The van der Waals surface area contributed by atoms with Crippen molar-refractivity contribution in [3.8, 4) is 5.75 Å². The zero-order valence-electron chi connectivity index (χ0n) is 7.50. The molecule has 0 radical (unpaired) electrons. The van der Waals surface area contributed by atoms with Crippen LogP contribution in [0.25, 0.3) is 0 Å². The fourth-order valence-corrected chi connectivity index (χ4v) is 1.28. The van der Waals surface area contributed by atoms with Gasteiger partial charge in [-0.1, -0.05) is 11.6 Å². The number of hydrogen-bond acceptors (Lipinski definition) is 3. The number of aromatic carboxylic acids is 1. The molecule has 7 heteroatoms. The standard InChI is InChI=1S/C8H6ClF2NO3/c1-15-5-4(8(13)14)3(7(10)11)2-12-6(5)9/h2,7H,1H3,(H,13,14). The molecule has 1 rings (SSSR count). The van der Waals surface area contributed by atoms with Crippen LogP contribution in [0, 0.1) is 0 Å². The van der Waals surface area contributed by atoms with Gasteiger partial charge >= 0.3 is 5.97 Å². The van der Waals surface area contributed by atoms with Gasteiger partial charge in [0.2, 0.25) is 0 Å². The van der Waals surface area contributed by atoms with E-state index in [2.05, 4.69) is 9.72 Å². The summed E-state index contributed by atoms with van der Waals surface area (Å²) in [6.07, 6.45) is -2.23. The Bertz CT molecular complexity index is 398. The first-order valence-corrected chi connectivity index (χ1v) is 4.10. The summed E-state index contributed by atoms with van der Waals surface area (Å²) in [4.78, 5) is 14.2. The van der Waals surface area contributed by atoms with Gasteiger partial charge in [-0.15, -0.1) is 0 Å². The smallest absolute Gasteiger partial charge is 0.340 e. The molecule has 1 aromatic heterocycles. The summed E-state index contributed by atoms with van der Waals surface area (Å²) in [7, 11) is 1.13. The van der Waals surface area contributed by atoms with Crippen molar-refractivity contribution in [3.05, 3.63) is 22.5 Å². The summed E-state index contributed by atoms with van der Waals surface area (Å²) in [5.41, 5.74) is -1.38. The number of carboxylic acid groups (broad SMARTS) is 1. The predicted molar refractivity (Wildman–Crippen MR) is 47.7 cm³/mol. The average molecular weight is 238 g/mol. The number of halogens is 3. The molecule has 0 fully saturated rings. The molecule has 4 nitrogen and oxygen atoms in total. The average Bonchev–Trinajstić information content (AvgIpc) is 2.16. The number of hydrogen-bond donors (Lipinski definition) is 1. The lowest BCUT2D eigenvalue weighted by atomic mass is 10.1. The van der Waals surface area contributed by atoms with Crippen molar-refractivity contribution in [2.75, 3.05) is 7.11 Å². The van der Waals surface area contributed by atoms with Crippen LogP contribution >= 0.6 is 11.6 Å². The summed E-state index contributed by atoms with van der Waals surface area (Å²) in [5.74, 6) is -1.89. The van der Waals surface area contributed by atoms with E-state index in [1.54, 1.807) is 0 Å².